The Morgan fingerprint density at radius 2 is 1.84 bits per heavy atom. The van der Waals surface area contributed by atoms with E-state index >= 15 is 0 Å². The van der Waals surface area contributed by atoms with Crippen molar-refractivity contribution >= 4 is 40.3 Å². The van der Waals surface area contributed by atoms with Gasteiger partial charge in [-0.2, -0.15) is 4.99 Å². The molecule has 0 saturated heterocycles. The van der Waals surface area contributed by atoms with Crippen LogP contribution in [-0.2, 0) is 16.1 Å². The van der Waals surface area contributed by atoms with E-state index in [0.29, 0.717) is 17.5 Å². The average molecular weight is 439 g/mol. The molecule has 0 aromatic heterocycles. The summed E-state index contributed by atoms with van der Waals surface area (Å²) in [5.74, 6) is -0.0421. The van der Waals surface area contributed by atoms with E-state index in [4.69, 9.17) is 4.99 Å². The molecule has 160 valence electrons. The van der Waals surface area contributed by atoms with Crippen molar-refractivity contribution in [2.75, 3.05) is 0 Å². The lowest BCUT2D eigenvalue weighted by Gasteiger charge is -2.33. The molecular formula is C23H23FN4O2S. The van der Waals surface area contributed by atoms with Crippen molar-refractivity contribution in [3.05, 3.63) is 65.5 Å². The molecule has 2 unspecified atom stereocenters. The summed E-state index contributed by atoms with van der Waals surface area (Å²) in [4.78, 5) is 36.3. The molecule has 2 aromatic carbocycles. The van der Waals surface area contributed by atoms with Crippen LogP contribution in [0.15, 0.2) is 58.5 Å². The summed E-state index contributed by atoms with van der Waals surface area (Å²) >= 11 is 1.30. The molecule has 2 aliphatic heterocycles. The molecular weight excluding hydrogens is 415 g/mol. The number of amides is 2. The third-order valence-electron chi connectivity index (χ3n) is 5.21. The van der Waals surface area contributed by atoms with Crippen LogP contribution in [0.4, 0.5) is 10.1 Å². The van der Waals surface area contributed by atoms with Gasteiger partial charge in [0.2, 0.25) is 5.91 Å². The highest BCUT2D eigenvalue weighted by Crippen LogP contribution is 2.36. The largest absolute Gasteiger partial charge is 0.351 e. The van der Waals surface area contributed by atoms with E-state index in [9.17, 15) is 14.0 Å². The first kappa shape index (κ1) is 21.2. The lowest BCUT2D eigenvalue weighted by atomic mass is 10.0. The summed E-state index contributed by atoms with van der Waals surface area (Å²) in [7, 11) is 0. The second-order valence-corrected chi connectivity index (χ2v) is 9.16. The Kier molecular flexibility index (Phi) is 5.91. The number of aliphatic imine (C=N–C) groups is 2. The van der Waals surface area contributed by atoms with Crippen LogP contribution in [0.3, 0.4) is 0 Å². The van der Waals surface area contributed by atoms with Gasteiger partial charge in [0.1, 0.15) is 17.7 Å². The van der Waals surface area contributed by atoms with Crippen molar-refractivity contribution in [3.8, 4) is 0 Å². The summed E-state index contributed by atoms with van der Waals surface area (Å²) in [5.41, 5.74) is 2.36. The molecule has 0 aliphatic carbocycles. The Morgan fingerprint density at radius 3 is 2.55 bits per heavy atom. The quantitative estimate of drug-likeness (QED) is 0.769. The van der Waals surface area contributed by atoms with Gasteiger partial charge in [0.05, 0.1) is 10.9 Å². The van der Waals surface area contributed by atoms with E-state index in [0.717, 1.165) is 16.8 Å². The molecule has 2 aliphatic rings. The molecule has 4 rings (SSSR count). The zero-order chi connectivity index (χ0) is 22.1. The standard InChI is InChI=1S/C23H23FN4O2S/c1-13(2)19-22(30)27-20-17-6-4-5-7-18(17)26-23(28(19)20)31-14(3)21(29)25-12-15-8-10-16(24)11-9-15/h4-11,13-14,19H,12H2,1-3H3,(H,25,29). The molecule has 0 radical (unpaired) electrons. The molecule has 0 fully saturated rings. The van der Waals surface area contributed by atoms with Gasteiger partial charge in [-0.1, -0.05) is 49.9 Å². The molecule has 2 amide bonds. The van der Waals surface area contributed by atoms with Gasteiger partial charge in [0, 0.05) is 12.1 Å². The van der Waals surface area contributed by atoms with Crippen molar-refractivity contribution < 1.29 is 14.0 Å². The molecule has 0 saturated carbocycles. The minimum absolute atomic E-state index is 0.0346. The van der Waals surface area contributed by atoms with Gasteiger partial charge >= 0.3 is 0 Å². The Bertz CT molecular complexity index is 1080. The van der Waals surface area contributed by atoms with Gasteiger partial charge in [-0.05, 0) is 42.7 Å². The van der Waals surface area contributed by atoms with Crippen LogP contribution < -0.4 is 5.32 Å². The third-order valence-corrected chi connectivity index (χ3v) is 6.27. The summed E-state index contributed by atoms with van der Waals surface area (Å²) in [6.07, 6.45) is 0. The van der Waals surface area contributed by atoms with Gasteiger partial charge in [-0.15, -0.1) is 0 Å². The lowest BCUT2D eigenvalue weighted by Crippen LogP contribution is -2.47. The van der Waals surface area contributed by atoms with Crippen LogP contribution in [0.5, 0.6) is 0 Å². The van der Waals surface area contributed by atoms with Crippen molar-refractivity contribution in [1.82, 2.24) is 10.2 Å². The zero-order valence-electron chi connectivity index (χ0n) is 17.5. The Morgan fingerprint density at radius 1 is 1.13 bits per heavy atom. The highest BCUT2D eigenvalue weighted by molar-refractivity contribution is 8.14. The predicted molar refractivity (Wildman–Crippen MR) is 121 cm³/mol. The number of hydrogen-bond donors (Lipinski definition) is 1. The monoisotopic (exact) mass is 438 g/mol. The normalized spacial score (nSPS) is 18.3. The topological polar surface area (TPSA) is 74.1 Å². The SMILES string of the molecule is CC(SC1=Nc2ccccc2C2=NC(=O)C(C(C)C)N12)C(=O)NCc1ccc(F)cc1. The van der Waals surface area contributed by atoms with Gasteiger partial charge in [0.15, 0.2) is 5.17 Å². The van der Waals surface area contributed by atoms with E-state index in [1.165, 1.54) is 23.9 Å². The molecule has 31 heavy (non-hydrogen) atoms. The lowest BCUT2D eigenvalue weighted by molar-refractivity contribution is -0.121. The predicted octanol–water partition coefficient (Wildman–Crippen LogP) is 3.88. The number of thioether (sulfide) groups is 1. The number of nitrogens with zero attached hydrogens (tertiary/aromatic N) is 3. The molecule has 0 spiro atoms. The van der Waals surface area contributed by atoms with Crippen LogP contribution >= 0.6 is 11.8 Å². The minimum atomic E-state index is -0.450. The number of hydrogen-bond acceptors (Lipinski definition) is 5. The molecule has 6 nitrogen and oxygen atoms in total. The number of para-hydroxylation sites is 1. The van der Waals surface area contributed by atoms with E-state index in [2.05, 4.69) is 10.3 Å². The van der Waals surface area contributed by atoms with Crippen LogP contribution in [-0.4, -0.2) is 39.0 Å². The van der Waals surface area contributed by atoms with E-state index in [1.807, 2.05) is 43.0 Å². The van der Waals surface area contributed by atoms with Crippen molar-refractivity contribution in [2.24, 2.45) is 15.9 Å². The maximum atomic E-state index is 13.1. The van der Waals surface area contributed by atoms with Crippen LogP contribution in [0, 0.1) is 11.7 Å². The molecule has 8 heteroatoms. The van der Waals surface area contributed by atoms with Crippen molar-refractivity contribution in [1.29, 1.82) is 0 Å². The number of halogens is 1. The molecule has 2 heterocycles. The van der Waals surface area contributed by atoms with Gasteiger partial charge < -0.3 is 5.32 Å². The van der Waals surface area contributed by atoms with Gasteiger partial charge in [-0.25, -0.2) is 9.38 Å². The summed E-state index contributed by atoms with van der Waals surface area (Å²) in [6.45, 7) is 6.06. The number of benzene rings is 2. The fourth-order valence-corrected chi connectivity index (χ4v) is 4.57. The molecule has 2 atom stereocenters. The van der Waals surface area contributed by atoms with Crippen LogP contribution in [0.25, 0.3) is 0 Å². The second-order valence-electron chi connectivity index (χ2n) is 7.85. The molecule has 0 bridgehead atoms. The number of amidine groups is 2. The number of fused-ring (bicyclic) bond motifs is 3. The number of carbonyl (C=O) groups excluding carboxylic acids is 2. The summed E-state index contributed by atoms with van der Waals surface area (Å²) < 4.78 is 13.1. The summed E-state index contributed by atoms with van der Waals surface area (Å²) in [6, 6.07) is 13.1. The number of carbonyl (C=O) groups is 2. The van der Waals surface area contributed by atoms with Gasteiger partial charge in [-0.3, -0.25) is 14.5 Å². The first-order valence-corrected chi connectivity index (χ1v) is 11.0. The maximum Gasteiger partial charge on any atom is 0.271 e. The fraction of sp³-hybridized carbons (Fsp3) is 0.304. The van der Waals surface area contributed by atoms with E-state index < -0.39 is 11.3 Å². The molecule has 2 aromatic rings. The smallest absolute Gasteiger partial charge is 0.271 e. The number of nitrogens with one attached hydrogen (secondary N) is 1. The highest BCUT2D eigenvalue weighted by Gasteiger charge is 2.43. The third kappa shape index (κ3) is 4.25. The van der Waals surface area contributed by atoms with Gasteiger partial charge in [0.25, 0.3) is 5.91 Å². The minimum Gasteiger partial charge on any atom is -0.351 e. The van der Waals surface area contributed by atoms with Crippen LogP contribution in [0.2, 0.25) is 0 Å². The van der Waals surface area contributed by atoms with E-state index in [1.54, 1.807) is 19.1 Å². The maximum absolute atomic E-state index is 13.1. The zero-order valence-corrected chi connectivity index (χ0v) is 18.3. The van der Waals surface area contributed by atoms with Crippen LogP contribution in [0.1, 0.15) is 31.9 Å². The Hall–Kier alpha value is -3.00. The second kappa shape index (κ2) is 8.63. The number of rotatable bonds is 5. The summed E-state index contributed by atoms with van der Waals surface area (Å²) in [5, 5.41) is 3.02. The first-order valence-electron chi connectivity index (χ1n) is 10.1. The van der Waals surface area contributed by atoms with Crippen molar-refractivity contribution in [2.45, 2.75) is 38.6 Å². The Labute approximate surface area is 184 Å². The van der Waals surface area contributed by atoms with E-state index in [-0.39, 0.29) is 23.5 Å². The highest BCUT2D eigenvalue weighted by atomic mass is 32.2. The average Bonchev–Trinajstić information content (AvgIpc) is 3.11. The molecule has 1 N–H and O–H groups in total. The van der Waals surface area contributed by atoms with Crippen molar-refractivity contribution in [3.63, 3.8) is 0 Å². The fourth-order valence-electron chi connectivity index (χ4n) is 3.60. The first-order chi connectivity index (χ1) is 14.8. The Balaban J connectivity index is 1.54.